The van der Waals surface area contributed by atoms with E-state index in [9.17, 15) is 14.4 Å². The van der Waals surface area contributed by atoms with E-state index in [2.05, 4.69) is 16.0 Å². The first-order chi connectivity index (χ1) is 13.4. The summed E-state index contributed by atoms with van der Waals surface area (Å²) in [5.74, 6) is -1.16. The van der Waals surface area contributed by atoms with Gasteiger partial charge in [0.25, 0.3) is 0 Å². The maximum atomic E-state index is 12.5. The zero-order chi connectivity index (χ0) is 20.3. The lowest BCUT2D eigenvalue weighted by molar-refractivity contribution is -0.122. The minimum Gasteiger partial charge on any atom is -0.462 e. The lowest BCUT2D eigenvalue weighted by atomic mass is 10.0. The Morgan fingerprint density at radius 1 is 1.11 bits per heavy atom. The van der Waals surface area contributed by atoms with Gasteiger partial charge in [-0.25, -0.2) is 4.79 Å². The molecule has 2 amide bonds. The van der Waals surface area contributed by atoms with Crippen molar-refractivity contribution in [2.45, 2.75) is 33.2 Å². The molecule has 0 bridgehead atoms. The lowest BCUT2D eigenvalue weighted by Gasteiger charge is -2.27. The summed E-state index contributed by atoms with van der Waals surface area (Å²) < 4.78 is 5.01. The molecular formula is C21H23N3O4. The van der Waals surface area contributed by atoms with Gasteiger partial charge < -0.3 is 20.7 Å². The molecule has 3 N–H and O–H groups in total. The number of carbonyl (C=O) groups excluding carboxylic acids is 3. The van der Waals surface area contributed by atoms with Gasteiger partial charge in [-0.15, -0.1) is 0 Å². The molecule has 2 aromatic carbocycles. The Morgan fingerprint density at radius 3 is 2.50 bits per heavy atom. The van der Waals surface area contributed by atoms with Crippen LogP contribution >= 0.6 is 0 Å². The van der Waals surface area contributed by atoms with Crippen molar-refractivity contribution in [2.24, 2.45) is 0 Å². The Hall–Kier alpha value is -3.35. The second-order valence-electron chi connectivity index (χ2n) is 6.69. The molecule has 1 heterocycles. The van der Waals surface area contributed by atoms with Crippen molar-refractivity contribution in [3.05, 3.63) is 53.1 Å². The van der Waals surface area contributed by atoms with Crippen molar-refractivity contribution >= 4 is 34.8 Å². The number of amides is 2. The molecule has 0 aliphatic carbocycles. The standard InChI is InChI=1S/C21H23N3O4/c1-4-28-21(27)14-7-5-6-8-15(14)23-19(25)11-18-20(26)24-17-10-13(3)12(2)9-16(17)22-18/h5-10,18,22H,4,11H2,1-3H3,(H,23,25)(H,24,26)/t18-/m0/s1. The third kappa shape index (κ3) is 4.14. The fourth-order valence-corrected chi connectivity index (χ4v) is 3.02. The van der Waals surface area contributed by atoms with Crippen molar-refractivity contribution in [1.29, 1.82) is 0 Å². The minimum atomic E-state index is -0.704. The number of hydrogen-bond acceptors (Lipinski definition) is 5. The first kappa shape index (κ1) is 19.4. The van der Waals surface area contributed by atoms with Gasteiger partial charge in [-0.1, -0.05) is 12.1 Å². The van der Waals surface area contributed by atoms with Crippen LogP contribution in [0.3, 0.4) is 0 Å². The molecule has 3 rings (SSSR count). The number of nitrogens with one attached hydrogen (secondary N) is 3. The van der Waals surface area contributed by atoms with Gasteiger partial charge in [-0.05, 0) is 56.2 Å². The third-order valence-corrected chi connectivity index (χ3v) is 4.62. The van der Waals surface area contributed by atoms with E-state index in [4.69, 9.17) is 4.74 Å². The Morgan fingerprint density at radius 2 is 1.79 bits per heavy atom. The van der Waals surface area contributed by atoms with Crippen LogP contribution < -0.4 is 16.0 Å². The van der Waals surface area contributed by atoms with Crippen molar-refractivity contribution < 1.29 is 19.1 Å². The molecule has 0 saturated carbocycles. The number of rotatable bonds is 5. The average Bonchev–Trinajstić information content (AvgIpc) is 2.65. The van der Waals surface area contributed by atoms with Crippen molar-refractivity contribution in [3.8, 4) is 0 Å². The number of anilines is 3. The first-order valence-electron chi connectivity index (χ1n) is 9.13. The Bertz CT molecular complexity index is 939. The Kier molecular flexibility index (Phi) is 5.63. The van der Waals surface area contributed by atoms with Crippen LogP contribution in [0, 0.1) is 13.8 Å². The van der Waals surface area contributed by atoms with Crippen LogP contribution in [0.25, 0.3) is 0 Å². The summed E-state index contributed by atoms with van der Waals surface area (Å²) >= 11 is 0. The van der Waals surface area contributed by atoms with Gasteiger partial charge in [0, 0.05) is 0 Å². The van der Waals surface area contributed by atoms with Crippen molar-refractivity contribution in [1.82, 2.24) is 0 Å². The average molecular weight is 381 g/mol. The molecule has 2 aromatic rings. The van der Waals surface area contributed by atoms with E-state index in [1.807, 2.05) is 26.0 Å². The van der Waals surface area contributed by atoms with Gasteiger partial charge in [0.05, 0.1) is 35.7 Å². The van der Waals surface area contributed by atoms with Gasteiger partial charge in [0.2, 0.25) is 11.8 Å². The molecule has 0 saturated heterocycles. The van der Waals surface area contributed by atoms with Crippen LogP contribution in [0.4, 0.5) is 17.1 Å². The number of para-hydroxylation sites is 1. The summed E-state index contributed by atoms with van der Waals surface area (Å²) in [5.41, 5.74) is 4.29. The molecule has 146 valence electrons. The highest BCUT2D eigenvalue weighted by Gasteiger charge is 2.28. The SMILES string of the molecule is CCOC(=O)c1ccccc1NC(=O)C[C@@H]1Nc2cc(C)c(C)cc2NC1=O. The van der Waals surface area contributed by atoms with Gasteiger partial charge in [0.15, 0.2) is 0 Å². The number of aryl methyl sites for hydroxylation is 2. The summed E-state index contributed by atoms with van der Waals surface area (Å²) in [4.78, 5) is 36.9. The summed E-state index contributed by atoms with van der Waals surface area (Å²) in [5, 5.41) is 8.67. The highest BCUT2D eigenvalue weighted by atomic mass is 16.5. The van der Waals surface area contributed by atoms with Crippen LogP contribution in [0.5, 0.6) is 0 Å². The van der Waals surface area contributed by atoms with Gasteiger partial charge in [-0.2, -0.15) is 0 Å². The molecule has 7 heteroatoms. The van der Waals surface area contributed by atoms with Crippen LogP contribution in [0.15, 0.2) is 36.4 Å². The van der Waals surface area contributed by atoms with E-state index < -0.39 is 12.0 Å². The molecule has 0 aromatic heterocycles. The maximum Gasteiger partial charge on any atom is 0.340 e. The zero-order valence-corrected chi connectivity index (χ0v) is 16.1. The Balaban J connectivity index is 1.71. The third-order valence-electron chi connectivity index (χ3n) is 4.62. The van der Waals surface area contributed by atoms with E-state index in [-0.39, 0.29) is 30.4 Å². The summed E-state index contributed by atoms with van der Waals surface area (Å²) in [6.07, 6.45) is -0.0741. The molecular weight excluding hydrogens is 358 g/mol. The highest BCUT2D eigenvalue weighted by Crippen LogP contribution is 2.30. The normalized spacial score (nSPS) is 15.1. The first-order valence-corrected chi connectivity index (χ1v) is 9.13. The predicted molar refractivity (Wildman–Crippen MR) is 108 cm³/mol. The van der Waals surface area contributed by atoms with E-state index >= 15 is 0 Å². The smallest absolute Gasteiger partial charge is 0.340 e. The molecule has 1 aliphatic rings. The summed E-state index contributed by atoms with van der Waals surface area (Å²) in [7, 11) is 0. The summed E-state index contributed by atoms with van der Waals surface area (Å²) in [6, 6.07) is 9.77. The number of carbonyl (C=O) groups is 3. The molecule has 7 nitrogen and oxygen atoms in total. The van der Waals surface area contributed by atoms with Gasteiger partial charge >= 0.3 is 5.97 Å². The number of esters is 1. The van der Waals surface area contributed by atoms with E-state index in [1.54, 1.807) is 31.2 Å². The molecule has 0 spiro atoms. The van der Waals surface area contributed by atoms with Crippen molar-refractivity contribution in [3.63, 3.8) is 0 Å². The number of fused-ring (bicyclic) bond motifs is 1. The van der Waals surface area contributed by atoms with Crippen LogP contribution in [0.1, 0.15) is 34.8 Å². The monoisotopic (exact) mass is 381 g/mol. The van der Waals surface area contributed by atoms with Gasteiger partial charge in [0.1, 0.15) is 6.04 Å². The summed E-state index contributed by atoms with van der Waals surface area (Å²) in [6.45, 7) is 5.92. The number of hydrogen-bond donors (Lipinski definition) is 3. The zero-order valence-electron chi connectivity index (χ0n) is 16.1. The van der Waals surface area contributed by atoms with Crippen LogP contribution in [0.2, 0.25) is 0 Å². The highest BCUT2D eigenvalue weighted by molar-refractivity contribution is 6.07. The van der Waals surface area contributed by atoms with E-state index in [0.717, 1.165) is 16.8 Å². The van der Waals surface area contributed by atoms with Crippen LogP contribution in [-0.2, 0) is 14.3 Å². The lowest BCUT2D eigenvalue weighted by Crippen LogP contribution is -2.41. The topological polar surface area (TPSA) is 96.5 Å². The number of ether oxygens (including phenoxy) is 1. The largest absolute Gasteiger partial charge is 0.462 e. The molecule has 1 atom stereocenters. The van der Waals surface area contributed by atoms with Crippen molar-refractivity contribution in [2.75, 3.05) is 22.6 Å². The van der Waals surface area contributed by atoms with E-state index in [0.29, 0.717) is 11.4 Å². The molecule has 28 heavy (non-hydrogen) atoms. The van der Waals surface area contributed by atoms with E-state index in [1.165, 1.54) is 0 Å². The van der Waals surface area contributed by atoms with Gasteiger partial charge in [-0.3, -0.25) is 9.59 Å². The molecule has 0 unspecified atom stereocenters. The number of benzene rings is 2. The predicted octanol–water partition coefficient (Wildman–Crippen LogP) is 3.24. The molecule has 1 aliphatic heterocycles. The fourth-order valence-electron chi connectivity index (χ4n) is 3.02. The second kappa shape index (κ2) is 8.12. The quantitative estimate of drug-likeness (QED) is 0.691. The van der Waals surface area contributed by atoms with Crippen LogP contribution in [-0.4, -0.2) is 30.4 Å². The molecule has 0 fully saturated rings. The Labute approximate surface area is 163 Å². The minimum absolute atomic E-state index is 0.0741. The second-order valence-corrected chi connectivity index (χ2v) is 6.69. The molecule has 0 radical (unpaired) electrons. The maximum absolute atomic E-state index is 12.5. The fraction of sp³-hybridized carbons (Fsp3) is 0.286.